The number of β-amino-alcohol motifs (C(OH)–C–C–N with tert-alkyl or cyclic N) is 1. The third-order valence-corrected chi connectivity index (χ3v) is 1.90. The van der Waals surface area contributed by atoms with Crippen molar-refractivity contribution in [3.8, 4) is 0 Å². The highest BCUT2D eigenvalue weighted by Gasteiger charge is 2.41. The number of piperidine rings is 1. The Balaban J connectivity index is 2.51. The van der Waals surface area contributed by atoms with E-state index < -0.39 is 25.1 Å². The molecule has 1 saturated heterocycles. The first kappa shape index (κ1) is 9.76. The zero-order valence-electron chi connectivity index (χ0n) is 6.25. The lowest BCUT2D eigenvalue weighted by atomic mass is 10.1. The van der Waals surface area contributed by atoms with Crippen LogP contribution < -0.4 is 0 Å². The lowest BCUT2D eigenvalue weighted by Gasteiger charge is -2.34. The van der Waals surface area contributed by atoms with E-state index in [1.165, 1.54) is 0 Å². The molecule has 6 heteroatoms. The molecule has 1 heterocycles. The van der Waals surface area contributed by atoms with Crippen LogP contribution in [-0.4, -0.2) is 46.7 Å². The lowest BCUT2D eigenvalue weighted by molar-refractivity contribution is -0.263. The first-order valence-corrected chi connectivity index (χ1v) is 3.59. The Bertz CT molecular complexity index is 161. The normalized spacial score (nSPS) is 33.8. The summed E-state index contributed by atoms with van der Waals surface area (Å²) in [7, 11) is 0. The van der Waals surface area contributed by atoms with E-state index in [1.54, 1.807) is 0 Å². The van der Waals surface area contributed by atoms with Gasteiger partial charge in [0.25, 0.3) is 0 Å². The van der Waals surface area contributed by atoms with Gasteiger partial charge >= 0.3 is 6.30 Å². The van der Waals surface area contributed by atoms with Crippen LogP contribution in [0.4, 0.5) is 13.2 Å². The predicted molar refractivity (Wildman–Crippen MR) is 34.3 cm³/mol. The third-order valence-electron chi connectivity index (χ3n) is 1.90. The number of rotatable bonds is 0. The Morgan fingerprint density at radius 3 is 2.17 bits per heavy atom. The highest BCUT2D eigenvalue weighted by atomic mass is 19.4. The molecule has 1 rings (SSSR count). The number of aliphatic hydroxyl groups is 2. The molecule has 72 valence electrons. The van der Waals surface area contributed by atoms with E-state index in [0.29, 0.717) is 0 Å². The maximum atomic E-state index is 12.0. The highest BCUT2D eigenvalue weighted by Crippen LogP contribution is 2.25. The molecule has 0 aromatic heterocycles. The number of alkyl halides is 3. The van der Waals surface area contributed by atoms with Gasteiger partial charge in [-0.05, 0) is 6.42 Å². The van der Waals surface area contributed by atoms with Crippen LogP contribution in [-0.2, 0) is 0 Å². The standard InChI is InChI=1S/C6H10F3NO2/c7-6(8,9)10-2-1-4(11)5(12)3-10/h4-5,11-12H,1-3H2. The second kappa shape index (κ2) is 3.20. The van der Waals surface area contributed by atoms with Crippen molar-refractivity contribution in [3.63, 3.8) is 0 Å². The quantitative estimate of drug-likeness (QED) is 0.519. The van der Waals surface area contributed by atoms with Crippen molar-refractivity contribution in [3.05, 3.63) is 0 Å². The number of halogens is 3. The van der Waals surface area contributed by atoms with Crippen molar-refractivity contribution in [2.24, 2.45) is 0 Å². The molecule has 1 fully saturated rings. The number of nitrogens with zero attached hydrogens (tertiary/aromatic N) is 1. The fourth-order valence-electron chi connectivity index (χ4n) is 1.15. The molecular formula is C6H10F3NO2. The molecule has 0 aromatic rings. The lowest BCUT2D eigenvalue weighted by Crippen LogP contribution is -2.52. The summed E-state index contributed by atoms with van der Waals surface area (Å²) in [5.74, 6) is 0. The number of likely N-dealkylation sites (tertiary alicyclic amines) is 1. The van der Waals surface area contributed by atoms with Gasteiger partial charge in [0, 0.05) is 13.1 Å². The minimum atomic E-state index is -4.40. The molecule has 2 atom stereocenters. The molecule has 0 saturated carbocycles. The van der Waals surface area contributed by atoms with Crippen LogP contribution in [0.25, 0.3) is 0 Å². The molecule has 2 N–H and O–H groups in total. The molecular weight excluding hydrogens is 175 g/mol. The van der Waals surface area contributed by atoms with Crippen molar-refractivity contribution in [2.45, 2.75) is 24.9 Å². The van der Waals surface area contributed by atoms with E-state index in [1.807, 2.05) is 0 Å². The minimum absolute atomic E-state index is 0.0410. The zero-order valence-corrected chi connectivity index (χ0v) is 6.25. The van der Waals surface area contributed by atoms with Crippen LogP contribution in [0.3, 0.4) is 0 Å². The average Bonchev–Trinajstić information content (AvgIpc) is 1.92. The summed E-state index contributed by atoms with van der Waals surface area (Å²) >= 11 is 0. The van der Waals surface area contributed by atoms with E-state index in [4.69, 9.17) is 10.2 Å². The van der Waals surface area contributed by atoms with E-state index in [0.717, 1.165) is 0 Å². The fraction of sp³-hybridized carbons (Fsp3) is 1.00. The van der Waals surface area contributed by atoms with Gasteiger partial charge in [0.2, 0.25) is 0 Å². The summed E-state index contributed by atoms with van der Waals surface area (Å²) in [5, 5.41) is 17.8. The van der Waals surface area contributed by atoms with Gasteiger partial charge in [-0.1, -0.05) is 0 Å². The van der Waals surface area contributed by atoms with E-state index in [-0.39, 0.29) is 17.9 Å². The molecule has 1 aliphatic rings. The maximum absolute atomic E-state index is 12.0. The monoisotopic (exact) mass is 185 g/mol. The second-order valence-electron chi connectivity index (χ2n) is 2.84. The van der Waals surface area contributed by atoms with Crippen molar-refractivity contribution in [1.29, 1.82) is 0 Å². The van der Waals surface area contributed by atoms with Crippen LogP contribution in [0, 0.1) is 0 Å². The van der Waals surface area contributed by atoms with Crippen LogP contribution >= 0.6 is 0 Å². The smallest absolute Gasteiger partial charge is 0.390 e. The third kappa shape index (κ3) is 2.09. The Kier molecular flexibility index (Phi) is 2.60. The molecule has 0 radical (unpaired) electrons. The number of hydrogen-bond donors (Lipinski definition) is 2. The highest BCUT2D eigenvalue weighted by molar-refractivity contribution is 4.80. The van der Waals surface area contributed by atoms with Crippen LogP contribution in [0.2, 0.25) is 0 Å². The molecule has 0 spiro atoms. The molecule has 0 bridgehead atoms. The van der Waals surface area contributed by atoms with Gasteiger partial charge in [0.05, 0.1) is 12.2 Å². The molecule has 0 aliphatic carbocycles. The van der Waals surface area contributed by atoms with Gasteiger partial charge in [0.1, 0.15) is 0 Å². The first-order valence-electron chi connectivity index (χ1n) is 3.59. The van der Waals surface area contributed by atoms with Crippen molar-refractivity contribution >= 4 is 0 Å². The van der Waals surface area contributed by atoms with E-state index in [9.17, 15) is 13.2 Å². The van der Waals surface area contributed by atoms with Gasteiger partial charge in [0.15, 0.2) is 0 Å². The van der Waals surface area contributed by atoms with Crippen molar-refractivity contribution in [1.82, 2.24) is 4.90 Å². The summed E-state index contributed by atoms with van der Waals surface area (Å²) in [4.78, 5) is 0.199. The summed E-state index contributed by atoms with van der Waals surface area (Å²) in [6.07, 6.45) is -6.76. The van der Waals surface area contributed by atoms with Gasteiger partial charge in [-0.15, -0.1) is 0 Å². The Labute approximate surface area is 67.4 Å². The van der Waals surface area contributed by atoms with Crippen molar-refractivity contribution in [2.75, 3.05) is 13.1 Å². The van der Waals surface area contributed by atoms with Crippen LogP contribution in [0.1, 0.15) is 6.42 Å². The van der Waals surface area contributed by atoms with E-state index >= 15 is 0 Å². The van der Waals surface area contributed by atoms with Gasteiger partial charge < -0.3 is 10.2 Å². The SMILES string of the molecule is OC1CCN(C(F)(F)F)CC1O. The summed E-state index contributed by atoms with van der Waals surface area (Å²) in [6, 6.07) is 0. The molecule has 2 unspecified atom stereocenters. The summed E-state index contributed by atoms with van der Waals surface area (Å²) in [6.45, 7) is -0.785. The minimum Gasteiger partial charge on any atom is -0.390 e. The topological polar surface area (TPSA) is 43.7 Å². The fourth-order valence-corrected chi connectivity index (χ4v) is 1.15. The van der Waals surface area contributed by atoms with Crippen LogP contribution in [0.5, 0.6) is 0 Å². The molecule has 12 heavy (non-hydrogen) atoms. The average molecular weight is 185 g/mol. The maximum Gasteiger partial charge on any atom is 0.460 e. The Hall–Kier alpha value is -0.330. The summed E-state index contributed by atoms with van der Waals surface area (Å²) in [5.41, 5.74) is 0. The van der Waals surface area contributed by atoms with Gasteiger partial charge in [-0.25, -0.2) is 4.90 Å². The number of hydrogen-bond acceptors (Lipinski definition) is 3. The van der Waals surface area contributed by atoms with Crippen LogP contribution in [0.15, 0.2) is 0 Å². The first-order chi connectivity index (χ1) is 5.41. The molecule has 0 amide bonds. The van der Waals surface area contributed by atoms with E-state index in [2.05, 4.69) is 0 Å². The molecule has 0 aromatic carbocycles. The van der Waals surface area contributed by atoms with Gasteiger partial charge in [-0.3, -0.25) is 0 Å². The Morgan fingerprint density at radius 1 is 1.17 bits per heavy atom. The predicted octanol–water partition coefficient (Wildman–Crippen LogP) is -0.0663. The molecule has 3 nitrogen and oxygen atoms in total. The second-order valence-corrected chi connectivity index (χ2v) is 2.84. The largest absolute Gasteiger partial charge is 0.460 e. The summed E-state index contributed by atoms with van der Waals surface area (Å²) < 4.78 is 35.9. The number of aliphatic hydroxyl groups excluding tert-OH is 2. The van der Waals surface area contributed by atoms with Crippen molar-refractivity contribution < 1.29 is 23.4 Å². The zero-order chi connectivity index (χ0) is 9.35. The van der Waals surface area contributed by atoms with Gasteiger partial charge in [-0.2, -0.15) is 13.2 Å². The Morgan fingerprint density at radius 2 is 1.75 bits per heavy atom. The molecule has 1 aliphatic heterocycles.